The molecule has 0 heterocycles. The summed E-state index contributed by atoms with van der Waals surface area (Å²) in [5.74, 6) is -0.927. The Labute approximate surface area is 207 Å². The van der Waals surface area contributed by atoms with Gasteiger partial charge in [0.05, 0.1) is 6.04 Å². The second kappa shape index (κ2) is 16.0. The molecule has 0 radical (unpaired) electrons. The first-order chi connectivity index (χ1) is 16.5. The summed E-state index contributed by atoms with van der Waals surface area (Å²) in [6, 6.07) is 17.2. The number of carboxylic acid groups (broad SMARTS) is 1. The minimum absolute atomic E-state index is 0.185. The van der Waals surface area contributed by atoms with Crippen LogP contribution >= 0.6 is 21.6 Å². The van der Waals surface area contributed by atoms with E-state index in [2.05, 4.69) is 10.6 Å². The van der Waals surface area contributed by atoms with Crippen LogP contribution in [0.2, 0.25) is 0 Å². The van der Waals surface area contributed by atoms with Gasteiger partial charge in [-0.15, -0.1) is 0 Å². The van der Waals surface area contributed by atoms with E-state index in [0.717, 1.165) is 10.5 Å². The first-order valence-corrected chi connectivity index (χ1v) is 13.4. The molecule has 184 valence electrons. The SMILES string of the molecule is N[C@@H](CCCCNC(=O)OCCSSc1ccccc1)C(=O)N[C@@H](Cc1ccccc1)C(=O)O. The molecule has 2 rings (SSSR count). The Morgan fingerprint density at radius 3 is 2.35 bits per heavy atom. The van der Waals surface area contributed by atoms with Crippen LogP contribution in [0.1, 0.15) is 24.8 Å². The molecular formula is C24H31N3O5S2. The van der Waals surface area contributed by atoms with Crippen LogP contribution in [0.3, 0.4) is 0 Å². The van der Waals surface area contributed by atoms with Crippen molar-refractivity contribution in [1.82, 2.24) is 10.6 Å². The molecule has 0 spiro atoms. The lowest BCUT2D eigenvalue weighted by molar-refractivity contribution is -0.142. The van der Waals surface area contributed by atoms with Gasteiger partial charge in [-0.2, -0.15) is 0 Å². The smallest absolute Gasteiger partial charge is 0.407 e. The van der Waals surface area contributed by atoms with Gasteiger partial charge < -0.3 is 26.2 Å². The predicted molar refractivity (Wildman–Crippen MR) is 136 cm³/mol. The predicted octanol–water partition coefficient (Wildman–Crippen LogP) is 3.46. The van der Waals surface area contributed by atoms with Crippen molar-refractivity contribution in [2.75, 3.05) is 18.9 Å². The number of carboxylic acids is 1. The molecule has 34 heavy (non-hydrogen) atoms. The maximum atomic E-state index is 12.3. The van der Waals surface area contributed by atoms with Crippen molar-refractivity contribution < 1.29 is 24.2 Å². The lowest BCUT2D eigenvalue weighted by atomic mass is 10.0. The molecule has 0 aliphatic carbocycles. The minimum Gasteiger partial charge on any atom is -0.480 e. The van der Waals surface area contributed by atoms with Crippen molar-refractivity contribution in [1.29, 1.82) is 0 Å². The lowest BCUT2D eigenvalue weighted by Crippen LogP contribution is -2.49. The van der Waals surface area contributed by atoms with Crippen LogP contribution in [0.5, 0.6) is 0 Å². The number of ether oxygens (including phenoxy) is 1. The zero-order valence-corrected chi connectivity index (χ0v) is 20.5. The topological polar surface area (TPSA) is 131 Å². The third kappa shape index (κ3) is 11.4. The van der Waals surface area contributed by atoms with Gasteiger partial charge in [0, 0.05) is 23.6 Å². The molecule has 8 nitrogen and oxygen atoms in total. The number of aliphatic carboxylic acids is 1. The molecule has 0 bridgehead atoms. The standard InChI is InChI=1S/C24H31N3O5S2/c25-20(22(28)27-21(23(29)30)17-18-9-3-1-4-10-18)13-7-8-14-26-24(31)32-15-16-33-34-19-11-5-2-6-12-19/h1-6,9-12,20-21H,7-8,13-17,25H2,(H,26,31)(H,27,28)(H,29,30)/t20-,21-/m0/s1. The number of alkyl carbamates (subject to hydrolysis) is 1. The molecule has 0 unspecified atom stereocenters. The van der Waals surface area contributed by atoms with Gasteiger partial charge in [0.15, 0.2) is 0 Å². The van der Waals surface area contributed by atoms with Crippen molar-refractivity contribution in [2.45, 2.75) is 42.7 Å². The molecule has 0 aromatic heterocycles. The zero-order chi connectivity index (χ0) is 24.6. The molecule has 10 heteroatoms. The van der Waals surface area contributed by atoms with E-state index in [4.69, 9.17) is 10.5 Å². The summed E-state index contributed by atoms with van der Waals surface area (Å²) < 4.78 is 5.13. The molecule has 0 aliphatic rings. The van der Waals surface area contributed by atoms with Crippen molar-refractivity contribution >= 4 is 39.6 Å². The highest BCUT2D eigenvalue weighted by molar-refractivity contribution is 8.76. The molecule has 2 amide bonds. The van der Waals surface area contributed by atoms with Crippen molar-refractivity contribution in [3.63, 3.8) is 0 Å². The fourth-order valence-electron chi connectivity index (χ4n) is 2.94. The van der Waals surface area contributed by atoms with Crippen molar-refractivity contribution in [3.8, 4) is 0 Å². The first kappa shape index (κ1) is 27.6. The van der Waals surface area contributed by atoms with Gasteiger partial charge >= 0.3 is 12.1 Å². The number of carbonyl (C=O) groups excluding carboxylic acids is 2. The average molecular weight is 506 g/mol. The number of nitrogens with two attached hydrogens (primary N) is 1. The number of hydrogen-bond donors (Lipinski definition) is 4. The Morgan fingerprint density at radius 2 is 1.68 bits per heavy atom. The molecule has 0 saturated carbocycles. The molecule has 0 fully saturated rings. The Hall–Kier alpha value is -2.69. The largest absolute Gasteiger partial charge is 0.480 e. The number of unbranched alkanes of at least 4 members (excludes halogenated alkanes) is 1. The van der Waals surface area contributed by atoms with Gasteiger partial charge in [0.2, 0.25) is 5.91 Å². The first-order valence-electron chi connectivity index (χ1n) is 11.0. The lowest BCUT2D eigenvalue weighted by Gasteiger charge is -2.18. The highest BCUT2D eigenvalue weighted by Crippen LogP contribution is 2.30. The molecule has 2 aromatic carbocycles. The summed E-state index contributed by atoms with van der Waals surface area (Å²) in [6.45, 7) is 0.722. The molecule has 2 aromatic rings. The van der Waals surface area contributed by atoms with Gasteiger partial charge in [-0.3, -0.25) is 4.79 Å². The highest BCUT2D eigenvalue weighted by Gasteiger charge is 2.23. The van der Waals surface area contributed by atoms with E-state index in [1.165, 1.54) is 0 Å². The van der Waals surface area contributed by atoms with Gasteiger partial charge in [0.25, 0.3) is 0 Å². The van der Waals surface area contributed by atoms with Crippen LogP contribution in [0.15, 0.2) is 65.6 Å². The van der Waals surface area contributed by atoms with Gasteiger partial charge in [-0.25, -0.2) is 9.59 Å². The van der Waals surface area contributed by atoms with Crippen LogP contribution < -0.4 is 16.4 Å². The number of carbonyl (C=O) groups is 3. The Morgan fingerprint density at radius 1 is 1.00 bits per heavy atom. The maximum Gasteiger partial charge on any atom is 0.407 e. The summed E-state index contributed by atoms with van der Waals surface area (Å²) in [5.41, 5.74) is 6.73. The Kier molecular flexibility index (Phi) is 13.0. The summed E-state index contributed by atoms with van der Waals surface area (Å²) in [4.78, 5) is 36.7. The van der Waals surface area contributed by atoms with E-state index in [1.807, 2.05) is 60.7 Å². The molecule has 2 atom stereocenters. The number of hydrogen-bond acceptors (Lipinski definition) is 7. The summed E-state index contributed by atoms with van der Waals surface area (Å²) in [5, 5.41) is 14.6. The number of amides is 2. The highest BCUT2D eigenvalue weighted by atomic mass is 33.1. The van der Waals surface area contributed by atoms with Gasteiger partial charge in [0.1, 0.15) is 12.6 Å². The summed E-state index contributed by atoms with van der Waals surface area (Å²) in [6.07, 6.45) is 1.32. The molecular weight excluding hydrogens is 474 g/mol. The number of benzene rings is 2. The zero-order valence-electron chi connectivity index (χ0n) is 18.9. The maximum absolute atomic E-state index is 12.3. The fraction of sp³-hybridized carbons (Fsp3) is 0.375. The number of nitrogens with one attached hydrogen (secondary N) is 2. The van der Waals surface area contributed by atoms with E-state index in [-0.39, 0.29) is 6.42 Å². The van der Waals surface area contributed by atoms with Crippen LogP contribution in [-0.4, -0.2) is 54.1 Å². The van der Waals surface area contributed by atoms with Crippen LogP contribution in [0.4, 0.5) is 4.79 Å². The third-order valence-corrected chi connectivity index (χ3v) is 7.09. The van der Waals surface area contributed by atoms with E-state index in [0.29, 0.717) is 38.2 Å². The average Bonchev–Trinajstić information content (AvgIpc) is 2.84. The van der Waals surface area contributed by atoms with Crippen molar-refractivity contribution in [2.24, 2.45) is 5.73 Å². The Balaban J connectivity index is 1.53. The second-order valence-corrected chi connectivity index (χ2v) is 9.96. The van der Waals surface area contributed by atoms with E-state index < -0.39 is 30.1 Å². The molecule has 0 saturated heterocycles. The van der Waals surface area contributed by atoms with Crippen LogP contribution in [0.25, 0.3) is 0 Å². The van der Waals surface area contributed by atoms with Crippen LogP contribution in [0, 0.1) is 0 Å². The Bertz CT molecular complexity index is 887. The van der Waals surface area contributed by atoms with Gasteiger partial charge in [-0.1, -0.05) is 70.1 Å². The molecule has 0 aliphatic heterocycles. The number of rotatable bonds is 15. The van der Waals surface area contributed by atoms with E-state index in [1.54, 1.807) is 21.6 Å². The van der Waals surface area contributed by atoms with E-state index >= 15 is 0 Å². The van der Waals surface area contributed by atoms with Crippen LogP contribution in [-0.2, 0) is 20.7 Å². The fourth-order valence-corrected chi connectivity index (χ4v) is 4.78. The monoisotopic (exact) mass is 505 g/mol. The van der Waals surface area contributed by atoms with Gasteiger partial charge in [-0.05, 0) is 37.0 Å². The minimum atomic E-state index is -1.11. The molecule has 5 N–H and O–H groups in total. The third-order valence-electron chi connectivity index (χ3n) is 4.74. The summed E-state index contributed by atoms with van der Waals surface area (Å²) in [7, 11) is 3.25. The van der Waals surface area contributed by atoms with E-state index in [9.17, 15) is 19.5 Å². The van der Waals surface area contributed by atoms with Crippen molar-refractivity contribution in [3.05, 3.63) is 66.2 Å². The quantitative estimate of drug-likeness (QED) is 0.214. The second-order valence-electron chi connectivity index (χ2n) is 7.47. The normalized spacial score (nSPS) is 12.4. The summed E-state index contributed by atoms with van der Waals surface area (Å²) >= 11 is 0.